The highest BCUT2D eigenvalue weighted by Crippen LogP contribution is 2.09. The van der Waals surface area contributed by atoms with E-state index in [1.54, 1.807) is 30.3 Å². The molecule has 0 saturated carbocycles. The summed E-state index contributed by atoms with van der Waals surface area (Å²) < 4.78 is 0. The molecular formula is C10H11NO4. The van der Waals surface area contributed by atoms with Crippen molar-refractivity contribution >= 4 is 17.6 Å². The highest BCUT2D eigenvalue weighted by molar-refractivity contribution is 5.83. The van der Waals surface area contributed by atoms with Gasteiger partial charge in [0.25, 0.3) is 0 Å². The van der Waals surface area contributed by atoms with Crippen LogP contribution in [0.1, 0.15) is 6.42 Å². The maximum atomic E-state index is 10.7. The van der Waals surface area contributed by atoms with Gasteiger partial charge < -0.3 is 15.5 Å². The number of aliphatic carboxylic acids is 2. The number of carbonyl (C=O) groups is 2. The van der Waals surface area contributed by atoms with Crippen LogP contribution < -0.4 is 5.32 Å². The van der Waals surface area contributed by atoms with Crippen LogP contribution in [0, 0.1) is 0 Å². The van der Waals surface area contributed by atoms with E-state index in [1.165, 1.54) is 0 Å². The molecule has 0 aliphatic rings. The van der Waals surface area contributed by atoms with Crippen LogP contribution in [0.4, 0.5) is 5.69 Å². The Labute approximate surface area is 86.4 Å². The SMILES string of the molecule is O=C(O)C[C@H](Nc1ccccc1)C(=O)O. The van der Waals surface area contributed by atoms with Crippen molar-refractivity contribution in [3.05, 3.63) is 30.3 Å². The maximum absolute atomic E-state index is 10.7. The first kappa shape index (κ1) is 11.0. The fraction of sp³-hybridized carbons (Fsp3) is 0.200. The highest BCUT2D eigenvalue weighted by Gasteiger charge is 2.20. The smallest absolute Gasteiger partial charge is 0.326 e. The zero-order valence-electron chi connectivity index (χ0n) is 7.88. The summed E-state index contributed by atoms with van der Waals surface area (Å²) in [5.74, 6) is -2.33. The van der Waals surface area contributed by atoms with Crippen LogP contribution in [-0.4, -0.2) is 28.2 Å². The molecule has 0 saturated heterocycles. The van der Waals surface area contributed by atoms with Crippen LogP contribution in [-0.2, 0) is 9.59 Å². The van der Waals surface area contributed by atoms with Gasteiger partial charge in [-0.3, -0.25) is 4.79 Å². The summed E-state index contributed by atoms with van der Waals surface area (Å²) >= 11 is 0. The Morgan fingerprint density at radius 2 is 1.80 bits per heavy atom. The minimum Gasteiger partial charge on any atom is -0.481 e. The Balaban J connectivity index is 2.67. The zero-order valence-corrected chi connectivity index (χ0v) is 7.88. The Morgan fingerprint density at radius 1 is 1.20 bits per heavy atom. The van der Waals surface area contributed by atoms with Crippen molar-refractivity contribution in [2.24, 2.45) is 0 Å². The van der Waals surface area contributed by atoms with Crippen molar-refractivity contribution in [3.8, 4) is 0 Å². The number of anilines is 1. The first-order valence-electron chi connectivity index (χ1n) is 4.36. The van der Waals surface area contributed by atoms with Crippen molar-refractivity contribution < 1.29 is 19.8 Å². The number of hydrogen-bond donors (Lipinski definition) is 3. The van der Waals surface area contributed by atoms with E-state index < -0.39 is 24.4 Å². The molecule has 1 aromatic carbocycles. The summed E-state index contributed by atoms with van der Waals surface area (Å²) in [4.78, 5) is 21.1. The number of benzene rings is 1. The maximum Gasteiger partial charge on any atom is 0.326 e. The number of rotatable bonds is 5. The van der Waals surface area contributed by atoms with E-state index in [2.05, 4.69) is 5.32 Å². The molecule has 3 N–H and O–H groups in total. The van der Waals surface area contributed by atoms with Gasteiger partial charge in [-0.1, -0.05) is 18.2 Å². The molecule has 1 aromatic rings. The second-order valence-corrected chi connectivity index (χ2v) is 3.00. The lowest BCUT2D eigenvalue weighted by Gasteiger charge is -2.13. The third-order valence-corrected chi connectivity index (χ3v) is 1.79. The second kappa shape index (κ2) is 4.99. The van der Waals surface area contributed by atoms with E-state index in [1.807, 2.05) is 0 Å². The van der Waals surface area contributed by atoms with E-state index in [4.69, 9.17) is 10.2 Å². The molecule has 5 nitrogen and oxygen atoms in total. The summed E-state index contributed by atoms with van der Waals surface area (Å²) in [5.41, 5.74) is 0.589. The molecule has 0 aromatic heterocycles. The summed E-state index contributed by atoms with van der Waals surface area (Å²) in [6, 6.07) is 7.52. The fourth-order valence-electron chi connectivity index (χ4n) is 1.11. The van der Waals surface area contributed by atoms with Crippen LogP contribution in [0.3, 0.4) is 0 Å². The van der Waals surface area contributed by atoms with Gasteiger partial charge in [-0.05, 0) is 12.1 Å². The first-order valence-corrected chi connectivity index (χ1v) is 4.36. The van der Waals surface area contributed by atoms with E-state index in [0.717, 1.165) is 0 Å². The molecular weight excluding hydrogens is 198 g/mol. The van der Waals surface area contributed by atoms with Crippen molar-refractivity contribution in [1.82, 2.24) is 0 Å². The molecule has 0 aliphatic heterocycles. The quantitative estimate of drug-likeness (QED) is 0.674. The predicted molar refractivity (Wildman–Crippen MR) is 53.7 cm³/mol. The summed E-state index contributed by atoms with van der Waals surface area (Å²) in [7, 11) is 0. The Morgan fingerprint density at radius 3 is 2.27 bits per heavy atom. The van der Waals surface area contributed by atoms with Crippen molar-refractivity contribution in [3.63, 3.8) is 0 Å². The molecule has 0 amide bonds. The lowest BCUT2D eigenvalue weighted by molar-refractivity contribution is -0.144. The molecule has 15 heavy (non-hydrogen) atoms. The minimum absolute atomic E-state index is 0.454. The van der Waals surface area contributed by atoms with Gasteiger partial charge in [-0.25, -0.2) is 4.79 Å². The molecule has 0 fully saturated rings. The number of nitrogens with one attached hydrogen (secondary N) is 1. The minimum atomic E-state index is -1.18. The van der Waals surface area contributed by atoms with Crippen LogP contribution in [0.5, 0.6) is 0 Å². The number of para-hydroxylation sites is 1. The molecule has 0 unspecified atom stereocenters. The van der Waals surface area contributed by atoms with Crippen LogP contribution in [0.2, 0.25) is 0 Å². The molecule has 80 valence electrons. The molecule has 0 aliphatic carbocycles. The monoisotopic (exact) mass is 209 g/mol. The second-order valence-electron chi connectivity index (χ2n) is 3.00. The molecule has 1 rings (SSSR count). The first-order chi connectivity index (χ1) is 7.09. The van der Waals surface area contributed by atoms with Crippen LogP contribution in [0.25, 0.3) is 0 Å². The van der Waals surface area contributed by atoms with Gasteiger partial charge in [-0.2, -0.15) is 0 Å². The highest BCUT2D eigenvalue weighted by atomic mass is 16.4. The zero-order chi connectivity index (χ0) is 11.3. The summed E-state index contributed by atoms with van der Waals surface area (Å²) in [6.07, 6.45) is -0.454. The van der Waals surface area contributed by atoms with Gasteiger partial charge in [0.15, 0.2) is 0 Å². The Kier molecular flexibility index (Phi) is 3.68. The van der Waals surface area contributed by atoms with Gasteiger partial charge >= 0.3 is 11.9 Å². The van der Waals surface area contributed by atoms with Gasteiger partial charge in [0.1, 0.15) is 6.04 Å². The summed E-state index contributed by atoms with van der Waals surface area (Å²) in [6.45, 7) is 0. The Hall–Kier alpha value is -2.04. The van der Waals surface area contributed by atoms with E-state index in [-0.39, 0.29) is 0 Å². The third kappa shape index (κ3) is 3.68. The molecule has 0 bridgehead atoms. The standard InChI is InChI=1S/C10H11NO4/c12-9(13)6-8(10(14)15)11-7-4-2-1-3-5-7/h1-5,8,11H,6H2,(H,12,13)(H,14,15)/t8-/m0/s1. The predicted octanol–water partition coefficient (Wildman–Crippen LogP) is 1.03. The van der Waals surface area contributed by atoms with Crippen molar-refractivity contribution in [1.29, 1.82) is 0 Å². The van der Waals surface area contributed by atoms with Crippen molar-refractivity contribution in [2.45, 2.75) is 12.5 Å². The van der Waals surface area contributed by atoms with Gasteiger partial charge in [0, 0.05) is 5.69 Å². The normalized spacial score (nSPS) is 11.7. The van der Waals surface area contributed by atoms with E-state index in [0.29, 0.717) is 5.69 Å². The lowest BCUT2D eigenvalue weighted by Crippen LogP contribution is -2.31. The molecule has 5 heteroatoms. The largest absolute Gasteiger partial charge is 0.481 e. The van der Waals surface area contributed by atoms with Gasteiger partial charge in [0.05, 0.1) is 6.42 Å². The van der Waals surface area contributed by atoms with Crippen molar-refractivity contribution in [2.75, 3.05) is 5.32 Å². The van der Waals surface area contributed by atoms with Gasteiger partial charge in [-0.15, -0.1) is 0 Å². The fourth-order valence-corrected chi connectivity index (χ4v) is 1.11. The molecule has 0 heterocycles. The number of carboxylic acid groups (broad SMARTS) is 2. The molecule has 0 radical (unpaired) electrons. The topological polar surface area (TPSA) is 86.6 Å². The van der Waals surface area contributed by atoms with E-state index in [9.17, 15) is 9.59 Å². The van der Waals surface area contributed by atoms with Crippen LogP contribution >= 0.6 is 0 Å². The summed E-state index contributed by atoms with van der Waals surface area (Å²) in [5, 5.41) is 19.9. The molecule has 1 atom stereocenters. The van der Waals surface area contributed by atoms with E-state index >= 15 is 0 Å². The van der Waals surface area contributed by atoms with Crippen LogP contribution in [0.15, 0.2) is 30.3 Å². The van der Waals surface area contributed by atoms with Gasteiger partial charge in [0.2, 0.25) is 0 Å². The molecule has 0 spiro atoms. The average Bonchev–Trinajstić information content (AvgIpc) is 2.17. The lowest BCUT2D eigenvalue weighted by atomic mass is 10.2. The number of hydrogen-bond acceptors (Lipinski definition) is 3. The Bertz CT molecular complexity index is 350. The average molecular weight is 209 g/mol. The number of carboxylic acids is 2. The third-order valence-electron chi connectivity index (χ3n) is 1.79.